The third-order valence-electron chi connectivity index (χ3n) is 3.71. The summed E-state index contributed by atoms with van der Waals surface area (Å²) in [4.78, 5) is 0. The maximum atomic E-state index is 10.6. The molecule has 1 aromatic heterocycles. The van der Waals surface area contributed by atoms with Crippen LogP contribution in [0.15, 0.2) is 28.7 Å². The van der Waals surface area contributed by atoms with Crippen molar-refractivity contribution in [1.29, 1.82) is 0 Å². The van der Waals surface area contributed by atoms with Crippen molar-refractivity contribution in [3.8, 4) is 0 Å². The molecule has 2 aromatic rings. The van der Waals surface area contributed by atoms with E-state index in [4.69, 9.17) is 16.0 Å². The Morgan fingerprint density at radius 1 is 1.30 bits per heavy atom. The Bertz CT molecular complexity index is 613. The molecule has 4 atom stereocenters. The molecule has 1 saturated heterocycles. The van der Waals surface area contributed by atoms with E-state index < -0.39 is 6.10 Å². The number of fused-ring (bicyclic) bond motifs is 1. The van der Waals surface area contributed by atoms with E-state index >= 15 is 0 Å². The lowest BCUT2D eigenvalue weighted by Gasteiger charge is -2.33. The van der Waals surface area contributed by atoms with Crippen LogP contribution in [0.2, 0.25) is 5.02 Å². The van der Waals surface area contributed by atoms with Crippen LogP contribution >= 0.6 is 35.1 Å². The summed E-state index contributed by atoms with van der Waals surface area (Å²) < 4.78 is 5.77. The molecule has 1 aromatic carbocycles. The van der Waals surface area contributed by atoms with Gasteiger partial charge in [-0.1, -0.05) is 25.4 Å². The topological polar surface area (TPSA) is 33.4 Å². The molecular weight excluding hydrogens is 312 g/mol. The first-order chi connectivity index (χ1) is 9.54. The lowest BCUT2D eigenvalue weighted by atomic mass is 10.2. The predicted octanol–water partition coefficient (Wildman–Crippen LogP) is 4.75. The summed E-state index contributed by atoms with van der Waals surface area (Å²) in [6, 6.07) is 7.42. The molecule has 3 rings (SSSR count). The number of hydrogen-bond donors (Lipinski definition) is 1. The Morgan fingerprint density at radius 2 is 2.10 bits per heavy atom. The zero-order valence-electron chi connectivity index (χ0n) is 11.4. The predicted molar refractivity (Wildman–Crippen MR) is 88.9 cm³/mol. The highest BCUT2D eigenvalue weighted by atomic mass is 35.5. The van der Waals surface area contributed by atoms with E-state index in [0.717, 1.165) is 16.7 Å². The molecule has 0 radical (unpaired) electrons. The summed E-state index contributed by atoms with van der Waals surface area (Å²) in [5, 5.41) is 13.6. The van der Waals surface area contributed by atoms with Gasteiger partial charge in [-0.15, -0.1) is 0 Å². The molecule has 1 fully saturated rings. The zero-order valence-corrected chi connectivity index (χ0v) is 13.8. The van der Waals surface area contributed by atoms with Gasteiger partial charge in [0.2, 0.25) is 0 Å². The van der Waals surface area contributed by atoms with Crippen LogP contribution in [-0.2, 0) is 0 Å². The van der Waals surface area contributed by atoms with Crippen LogP contribution in [0, 0.1) is 0 Å². The molecule has 1 aliphatic rings. The van der Waals surface area contributed by atoms with E-state index in [2.05, 4.69) is 13.8 Å². The summed E-state index contributed by atoms with van der Waals surface area (Å²) in [7, 11) is 0. The van der Waals surface area contributed by atoms with Crippen molar-refractivity contribution >= 4 is 46.1 Å². The number of aliphatic hydroxyl groups excluding tert-OH is 1. The highest BCUT2D eigenvalue weighted by molar-refractivity contribution is 8.07. The first-order valence-corrected chi connectivity index (χ1v) is 9.05. The van der Waals surface area contributed by atoms with Crippen molar-refractivity contribution in [2.45, 2.75) is 35.7 Å². The molecule has 0 saturated carbocycles. The summed E-state index contributed by atoms with van der Waals surface area (Å²) >= 11 is 9.76. The average molecular weight is 329 g/mol. The second-order valence-electron chi connectivity index (χ2n) is 5.19. The number of aliphatic hydroxyl groups is 1. The van der Waals surface area contributed by atoms with E-state index in [1.807, 2.05) is 41.7 Å². The van der Waals surface area contributed by atoms with Gasteiger partial charge in [0.25, 0.3) is 0 Å². The summed E-state index contributed by atoms with van der Waals surface area (Å²) in [5.41, 5.74) is 0.776. The molecule has 0 amide bonds. The zero-order chi connectivity index (χ0) is 14.3. The Hall–Kier alpha value is -0.290. The molecule has 5 heteroatoms. The van der Waals surface area contributed by atoms with Gasteiger partial charge in [-0.3, -0.25) is 0 Å². The summed E-state index contributed by atoms with van der Waals surface area (Å²) in [6.45, 7) is 4.47. The lowest BCUT2D eigenvalue weighted by Crippen LogP contribution is -2.30. The van der Waals surface area contributed by atoms with Crippen LogP contribution in [-0.4, -0.2) is 26.6 Å². The van der Waals surface area contributed by atoms with Gasteiger partial charge in [0.1, 0.15) is 17.4 Å². The van der Waals surface area contributed by atoms with Crippen molar-refractivity contribution < 1.29 is 9.52 Å². The van der Waals surface area contributed by atoms with Crippen molar-refractivity contribution in [1.82, 2.24) is 0 Å². The van der Waals surface area contributed by atoms with Crippen molar-refractivity contribution in [2.24, 2.45) is 0 Å². The van der Waals surface area contributed by atoms with Gasteiger partial charge in [0.15, 0.2) is 0 Å². The lowest BCUT2D eigenvalue weighted by molar-refractivity contribution is 0.154. The van der Waals surface area contributed by atoms with Crippen LogP contribution in [0.1, 0.15) is 25.7 Å². The molecule has 1 aliphatic heterocycles. The first-order valence-electron chi connectivity index (χ1n) is 6.68. The fraction of sp³-hybridized carbons (Fsp3) is 0.467. The monoisotopic (exact) mass is 328 g/mol. The van der Waals surface area contributed by atoms with Crippen LogP contribution in [0.25, 0.3) is 11.0 Å². The fourth-order valence-electron chi connectivity index (χ4n) is 2.34. The van der Waals surface area contributed by atoms with E-state index in [-0.39, 0.29) is 5.25 Å². The quantitative estimate of drug-likeness (QED) is 0.862. The van der Waals surface area contributed by atoms with Crippen LogP contribution < -0.4 is 0 Å². The molecule has 0 bridgehead atoms. The third kappa shape index (κ3) is 2.84. The molecule has 1 N–H and O–H groups in total. The summed E-state index contributed by atoms with van der Waals surface area (Å²) in [6.07, 6.45) is -0.561. The average Bonchev–Trinajstić information content (AvgIpc) is 2.84. The van der Waals surface area contributed by atoms with Gasteiger partial charge >= 0.3 is 0 Å². The number of benzene rings is 1. The number of halogens is 1. The molecule has 4 unspecified atom stereocenters. The third-order valence-corrected chi connectivity index (χ3v) is 7.43. The Labute approximate surface area is 132 Å². The number of hydrogen-bond acceptors (Lipinski definition) is 4. The maximum absolute atomic E-state index is 10.6. The summed E-state index contributed by atoms with van der Waals surface area (Å²) in [5.74, 6) is 1.59. The maximum Gasteiger partial charge on any atom is 0.134 e. The van der Waals surface area contributed by atoms with Gasteiger partial charge in [0.05, 0.1) is 0 Å². The highest BCUT2D eigenvalue weighted by Gasteiger charge is 2.32. The van der Waals surface area contributed by atoms with Crippen LogP contribution in [0.3, 0.4) is 0 Å². The Balaban J connectivity index is 1.83. The normalized spacial score (nSPS) is 28.7. The first kappa shape index (κ1) is 14.6. The van der Waals surface area contributed by atoms with Gasteiger partial charge < -0.3 is 9.52 Å². The largest absolute Gasteiger partial charge is 0.458 e. The van der Waals surface area contributed by atoms with Crippen molar-refractivity contribution in [3.63, 3.8) is 0 Å². The molecule has 0 aliphatic carbocycles. The number of rotatable bonds is 2. The molecule has 2 heterocycles. The van der Waals surface area contributed by atoms with Gasteiger partial charge in [-0.2, -0.15) is 23.5 Å². The molecule has 20 heavy (non-hydrogen) atoms. The fourth-order valence-corrected chi connectivity index (χ4v) is 5.50. The molecule has 2 nitrogen and oxygen atoms in total. The van der Waals surface area contributed by atoms with Crippen LogP contribution in [0.5, 0.6) is 0 Å². The molecule has 0 spiro atoms. The van der Waals surface area contributed by atoms with Gasteiger partial charge in [0, 0.05) is 31.9 Å². The van der Waals surface area contributed by atoms with Gasteiger partial charge in [-0.25, -0.2) is 0 Å². The number of furan rings is 1. The highest BCUT2D eigenvalue weighted by Crippen LogP contribution is 2.41. The minimum absolute atomic E-state index is 0.183. The second-order valence-corrected chi connectivity index (χ2v) is 8.66. The van der Waals surface area contributed by atoms with Crippen LogP contribution in [0.4, 0.5) is 0 Å². The van der Waals surface area contributed by atoms with E-state index in [1.54, 1.807) is 6.07 Å². The van der Waals surface area contributed by atoms with E-state index in [0.29, 0.717) is 21.3 Å². The minimum Gasteiger partial charge on any atom is -0.458 e. The van der Waals surface area contributed by atoms with E-state index in [1.165, 1.54) is 0 Å². The molecular formula is C15H17ClO2S2. The van der Waals surface area contributed by atoms with E-state index in [9.17, 15) is 5.11 Å². The van der Waals surface area contributed by atoms with Crippen molar-refractivity contribution in [3.05, 3.63) is 35.0 Å². The van der Waals surface area contributed by atoms with Crippen molar-refractivity contribution in [2.75, 3.05) is 5.75 Å². The standard InChI is InChI=1S/C15H17ClO2S2/c1-8-9(2)20-14(7-19-8)15(17)13-6-10-5-11(16)3-4-12(10)18-13/h3-6,8-9,14-15,17H,7H2,1-2H3. The Kier molecular flexibility index (Phi) is 4.27. The SMILES string of the molecule is CC1SCC(C(O)c2cc3cc(Cl)ccc3o2)SC1C. The van der Waals surface area contributed by atoms with Gasteiger partial charge in [-0.05, 0) is 24.3 Å². The molecule has 108 valence electrons. The Morgan fingerprint density at radius 3 is 2.85 bits per heavy atom. The number of thioether (sulfide) groups is 2. The smallest absolute Gasteiger partial charge is 0.134 e. The minimum atomic E-state index is -0.561. The second kappa shape index (κ2) is 5.84.